The summed E-state index contributed by atoms with van der Waals surface area (Å²) in [6.07, 6.45) is 9.16. The number of hydrogen-bond donors (Lipinski definition) is 0. The predicted molar refractivity (Wildman–Crippen MR) is 69.1 cm³/mol. The van der Waals surface area contributed by atoms with Crippen LogP contribution in [0, 0.1) is 0 Å². The molecular formula is C13H16N4O2. The minimum Gasteiger partial charge on any atom is -0.354 e. The van der Waals surface area contributed by atoms with E-state index in [0.717, 1.165) is 50.5 Å². The highest BCUT2D eigenvalue weighted by Gasteiger charge is 2.40. The van der Waals surface area contributed by atoms with Crippen LogP contribution in [0.4, 0.5) is 5.82 Å². The van der Waals surface area contributed by atoms with Gasteiger partial charge in [0.25, 0.3) is 0 Å². The molecule has 100 valence electrons. The summed E-state index contributed by atoms with van der Waals surface area (Å²) in [5, 5.41) is 0. The Balaban J connectivity index is 1.58. The average molecular weight is 260 g/mol. The molecular weight excluding hydrogens is 244 g/mol. The second kappa shape index (κ2) is 4.18. The van der Waals surface area contributed by atoms with Gasteiger partial charge in [-0.15, -0.1) is 0 Å². The summed E-state index contributed by atoms with van der Waals surface area (Å²) in [7, 11) is 0. The molecule has 2 saturated heterocycles. The second-order valence-corrected chi connectivity index (χ2v) is 5.03. The van der Waals surface area contributed by atoms with Gasteiger partial charge in [-0.05, 0) is 0 Å². The van der Waals surface area contributed by atoms with Crippen LogP contribution in [0.15, 0.2) is 24.9 Å². The van der Waals surface area contributed by atoms with Crippen molar-refractivity contribution < 1.29 is 9.47 Å². The topological polar surface area (TPSA) is 51.9 Å². The van der Waals surface area contributed by atoms with Gasteiger partial charge in [0.05, 0.1) is 19.4 Å². The molecule has 0 amide bonds. The minimum absolute atomic E-state index is 0.329. The highest BCUT2D eigenvalue weighted by Crippen LogP contribution is 2.33. The Morgan fingerprint density at radius 3 is 2.74 bits per heavy atom. The lowest BCUT2D eigenvalue weighted by atomic mass is 10.0. The van der Waals surface area contributed by atoms with E-state index < -0.39 is 0 Å². The zero-order valence-electron chi connectivity index (χ0n) is 10.7. The van der Waals surface area contributed by atoms with Crippen LogP contribution < -0.4 is 4.90 Å². The van der Waals surface area contributed by atoms with Crippen molar-refractivity contribution in [3.63, 3.8) is 0 Å². The lowest BCUT2D eigenvalue weighted by molar-refractivity contribution is -0.169. The van der Waals surface area contributed by atoms with E-state index in [9.17, 15) is 0 Å². The van der Waals surface area contributed by atoms with Crippen LogP contribution in [0.25, 0.3) is 5.52 Å². The third-order valence-electron chi connectivity index (χ3n) is 3.96. The Bertz CT molecular complexity index is 581. The van der Waals surface area contributed by atoms with Crippen LogP contribution in [-0.2, 0) is 9.47 Å². The van der Waals surface area contributed by atoms with E-state index in [1.165, 1.54) is 0 Å². The molecule has 4 rings (SSSR count). The average Bonchev–Trinajstić information content (AvgIpc) is 3.08. The molecule has 2 aromatic rings. The van der Waals surface area contributed by atoms with Crippen molar-refractivity contribution in [3.8, 4) is 0 Å². The van der Waals surface area contributed by atoms with Crippen LogP contribution in [0.3, 0.4) is 0 Å². The number of rotatable bonds is 1. The fourth-order valence-electron chi connectivity index (χ4n) is 2.92. The van der Waals surface area contributed by atoms with E-state index in [-0.39, 0.29) is 5.79 Å². The fourth-order valence-corrected chi connectivity index (χ4v) is 2.92. The molecule has 1 spiro atoms. The summed E-state index contributed by atoms with van der Waals surface area (Å²) >= 11 is 0. The number of aromatic nitrogens is 3. The van der Waals surface area contributed by atoms with Gasteiger partial charge in [-0.25, -0.2) is 4.98 Å². The molecule has 0 N–H and O–H groups in total. The Labute approximate surface area is 111 Å². The van der Waals surface area contributed by atoms with E-state index in [0.29, 0.717) is 0 Å². The molecule has 6 heteroatoms. The minimum atomic E-state index is -0.329. The standard InChI is InChI=1S/C13H16N4O2/c1-4-16(5-2-13(1)18-7-8-19-13)12-11-9-14-3-6-17(11)10-15-12/h3,6,9-10H,1-2,4-5,7-8H2. The number of imidazole rings is 1. The van der Waals surface area contributed by atoms with Gasteiger partial charge in [0.2, 0.25) is 0 Å². The van der Waals surface area contributed by atoms with E-state index in [2.05, 4.69) is 14.9 Å². The molecule has 0 aliphatic carbocycles. The SMILES string of the molecule is c1cn2cnc(N3CCC4(CC3)OCCO4)c2cn1. The van der Waals surface area contributed by atoms with Crippen LogP contribution in [0.1, 0.15) is 12.8 Å². The zero-order valence-corrected chi connectivity index (χ0v) is 10.7. The number of hydrogen-bond acceptors (Lipinski definition) is 5. The molecule has 2 aromatic heterocycles. The molecule has 2 aliphatic rings. The largest absolute Gasteiger partial charge is 0.354 e. The van der Waals surface area contributed by atoms with Crippen molar-refractivity contribution in [3.05, 3.63) is 24.9 Å². The molecule has 6 nitrogen and oxygen atoms in total. The maximum absolute atomic E-state index is 5.75. The number of piperidine rings is 1. The fraction of sp³-hybridized carbons (Fsp3) is 0.538. The van der Waals surface area contributed by atoms with E-state index in [1.54, 1.807) is 6.20 Å². The van der Waals surface area contributed by atoms with Crippen molar-refractivity contribution >= 4 is 11.3 Å². The van der Waals surface area contributed by atoms with Crippen LogP contribution >= 0.6 is 0 Å². The predicted octanol–water partition coefficient (Wildman–Crippen LogP) is 1.07. The van der Waals surface area contributed by atoms with Gasteiger partial charge in [0.1, 0.15) is 11.8 Å². The van der Waals surface area contributed by atoms with E-state index >= 15 is 0 Å². The molecule has 0 radical (unpaired) electrons. The van der Waals surface area contributed by atoms with Gasteiger partial charge >= 0.3 is 0 Å². The maximum atomic E-state index is 5.75. The number of ether oxygens (including phenoxy) is 2. The third kappa shape index (κ3) is 1.79. The first-order valence-corrected chi connectivity index (χ1v) is 6.66. The van der Waals surface area contributed by atoms with Gasteiger partial charge in [-0.3, -0.25) is 4.98 Å². The number of nitrogens with zero attached hydrogens (tertiary/aromatic N) is 4. The Morgan fingerprint density at radius 2 is 1.95 bits per heavy atom. The first-order chi connectivity index (χ1) is 9.36. The molecule has 0 saturated carbocycles. The Morgan fingerprint density at radius 1 is 1.16 bits per heavy atom. The van der Waals surface area contributed by atoms with Crippen LogP contribution in [0.2, 0.25) is 0 Å². The lowest BCUT2D eigenvalue weighted by Crippen LogP contribution is -2.45. The second-order valence-electron chi connectivity index (χ2n) is 5.03. The van der Waals surface area contributed by atoms with Crippen molar-refractivity contribution in [1.82, 2.24) is 14.4 Å². The summed E-state index contributed by atoms with van der Waals surface area (Å²) in [6, 6.07) is 0. The van der Waals surface area contributed by atoms with Gasteiger partial charge < -0.3 is 18.8 Å². The molecule has 0 unspecified atom stereocenters. The molecule has 2 fully saturated rings. The van der Waals surface area contributed by atoms with Crippen molar-refractivity contribution in [2.24, 2.45) is 0 Å². The summed E-state index contributed by atoms with van der Waals surface area (Å²) < 4.78 is 13.5. The van der Waals surface area contributed by atoms with Gasteiger partial charge in [-0.2, -0.15) is 0 Å². The van der Waals surface area contributed by atoms with Gasteiger partial charge in [-0.1, -0.05) is 0 Å². The van der Waals surface area contributed by atoms with Crippen molar-refractivity contribution in [1.29, 1.82) is 0 Å². The summed E-state index contributed by atoms with van der Waals surface area (Å²) in [6.45, 7) is 3.25. The smallest absolute Gasteiger partial charge is 0.171 e. The van der Waals surface area contributed by atoms with Crippen LogP contribution in [0.5, 0.6) is 0 Å². The molecule has 2 aliphatic heterocycles. The van der Waals surface area contributed by atoms with Gasteiger partial charge in [0, 0.05) is 38.3 Å². The molecule has 0 bridgehead atoms. The molecule has 4 heterocycles. The maximum Gasteiger partial charge on any atom is 0.171 e. The summed E-state index contributed by atoms with van der Waals surface area (Å²) in [5.74, 6) is 0.672. The Kier molecular flexibility index (Phi) is 2.46. The van der Waals surface area contributed by atoms with E-state index in [1.807, 2.05) is 23.1 Å². The normalized spacial score (nSPS) is 22.4. The Hall–Kier alpha value is -1.66. The summed E-state index contributed by atoms with van der Waals surface area (Å²) in [4.78, 5) is 11.0. The highest BCUT2D eigenvalue weighted by molar-refractivity contribution is 5.68. The van der Waals surface area contributed by atoms with Crippen molar-refractivity contribution in [2.75, 3.05) is 31.2 Å². The highest BCUT2D eigenvalue weighted by atomic mass is 16.7. The first-order valence-electron chi connectivity index (χ1n) is 6.66. The first kappa shape index (κ1) is 11.2. The summed E-state index contributed by atoms with van der Waals surface area (Å²) in [5.41, 5.74) is 1.05. The van der Waals surface area contributed by atoms with Crippen LogP contribution in [-0.4, -0.2) is 46.5 Å². The molecule has 0 aromatic carbocycles. The number of anilines is 1. The molecule has 0 atom stereocenters. The monoisotopic (exact) mass is 260 g/mol. The lowest BCUT2D eigenvalue weighted by Gasteiger charge is -2.37. The number of fused-ring (bicyclic) bond motifs is 1. The molecule has 19 heavy (non-hydrogen) atoms. The quantitative estimate of drug-likeness (QED) is 0.767. The third-order valence-corrected chi connectivity index (χ3v) is 3.96. The van der Waals surface area contributed by atoms with Gasteiger partial charge in [0.15, 0.2) is 11.6 Å². The zero-order chi connectivity index (χ0) is 12.7. The van der Waals surface area contributed by atoms with E-state index in [4.69, 9.17) is 9.47 Å². The van der Waals surface area contributed by atoms with Crippen molar-refractivity contribution in [2.45, 2.75) is 18.6 Å².